The van der Waals surface area contributed by atoms with Crippen molar-refractivity contribution in [2.75, 3.05) is 18.4 Å². The van der Waals surface area contributed by atoms with Crippen molar-refractivity contribution < 1.29 is 13.2 Å². The predicted molar refractivity (Wildman–Crippen MR) is 128 cm³/mol. The molecule has 0 bridgehead atoms. The van der Waals surface area contributed by atoms with E-state index in [9.17, 15) is 13.2 Å². The van der Waals surface area contributed by atoms with Gasteiger partial charge >= 0.3 is 0 Å². The third-order valence-corrected chi connectivity index (χ3v) is 7.97. The Hall–Kier alpha value is -3.20. The van der Waals surface area contributed by atoms with Crippen molar-refractivity contribution in [1.29, 1.82) is 0 Å². The van der Waals surface area contributed by atoms with Crippen LogP contribution in [0, 0.1) is 0 Å². The smallest absolute Gasteiger partial charge is 0.257 e. The Morgan fingerprint density at radius 3 is 2.45 bits per heavy atom. The van der Waals surface area contributed by atoms with Gasteiger partial charge in [-0.3, -0.25) is 9.36 Å². The molecule has 0 radical (unpaired) electrons. The van der Waals surface area contributed by atoms with E-state index in [2.05, 4.69) is 10.3 Å². The number of anilines is 1. The van der Waals surface area contributed by atoms with Gasteiger partial charge < -0.3 is 5.32 Å². The summed E-state index contributed by atoms with van der Waals surface area (Å²) in [6, 6.07) is 19.4. The minimum atomic E-state index is -3.65. The Balaban J connectivity index is 1.37. The summed E-state index contributed by atoms with van der Waals surface area (Å²) in [6.07, 6.45) is 3.43. The Labute approximate surface area is 196 Å². The number of hydrogen-bond donors (Lipinski definition) is 1. The van der Waals surface area contributed by atoms with Crippen LogP contribution in [0.4, 0.5) is 5.69 Å². The number of sulfonamides is 1. The summed E-state index contributed by atoms with van der Waals surface area (Å²) in [7, 11) is -3.65. The number of halogens is 1. The average molecular weight is 481 g/mol. The summed E-state index contributed by atoms with van der Waals surface area (Å²) in [5, 5.41) is 2.99. The van der Waals surface area contributed by atoms with Crippen molar-refractivity contribution >= 4 is 44.3 Å². The van der Waals surface area contributed by atoms with Crippen LogP contribution in [0.1, 0.15) is 23.2 Å². The monoisotopic (exact) mass is 480 g/mol. The normalized spacial score (nSPS) is 14.6. The van der Waals surface area contributed by atoms with Gasteiger partial charge in [-0.15, -0.1) is 0 Å². The highest BCUT2D eigenvalue weighted by molar-refractivity contribution is 7.89. The first-order chi connectivity index (χ1) is 15.9. The van der Waals surface area contributed by atoms with Gasteiger partial charge in [-0.25, -0.2) is 13.4 Å². The second-order valence-electron chi connectivity index (χ2n) is 7.86. The number of imidazole rings is 1. The van der Waals surface area contributed by atoms with Gasteiger partial charge in [0.05, 0.1) is 26.5 Å². The highest BCUT2D eigenvalue weighted by atomic mass is 35.5. The molecule has 0 saturated carbocycles. The fourth-order valence-electron chi connectivity index (χ4n) is 3.99. The molecule has 168 valence electrons. The molecule has 0 atom stereocenters. The number of aromatic nitrogens is 2. The highest BCUT2D eigenvalue weighted by Crippen LogP contribution is 2.26. The quantitative estimate of drug-likeness (QED) is 0.448. The largest absolute Gasteiger partial charge is 0.322 e. The van der Waals surface area contributed by atoms with Crippen LogP contribution in [-0.4, -0.2) is 41.3 Å². The number of nitrogens with one attached hydrogen (secondary N) is 1. The maximum absolute atomic E-state index is 12.9. The van der Waals surface area contributed by atoms with E-state index in [1.54, 1.807) is 18.5 Å². The number of nitrogens with zero attached hydrogens (tertiary/aromatic N) is 3. The van der Waals surface area contributed by atoms with Gasteiger partial charge in [0, 0.05) is 24.5 Å². The summed E-state index contributed by atoms with van der Waals surface area (Å²) < 4.78 is 29.1. The van der Waals surface area contributed by atoms with Crippen LogP contribution in [0.15, 0.2) is 78.0 Å². The lowest BCUT2D eigenvalue weighted by Gasteiger charge is -2.16. The van der Waals surface area contributed by atoms with E-state index in [1.165, 1.54) is 22.5 Å². The van der Waals surface area contributed by atoms with Crippen molar-refractivity contribution in [1.82, 2.24) is 13.9 Å². The van der Waals surface area contributed by atoms with Crippen molar-refractivity contribution in [2.45, 2.75) is 17.7 Å². The van der Waals surface area contributed by atoms with E-state index >= 15 is 0 Å². The Morgan fingerprint density at radius 2 is 1.70 bits per heavy atom. The van der Waals surface area contributed by atoms with Crippen LogP contribution >= 0.6 is 11.6 Å². The minimum Gasteiger partial charge on any atom is -0.322 e. The molecule has 1 aromatic heterocycles. The number of benzene rings is 3. The van der Waals surface area contributed by atoms with Gasteiger partial charge in [0.2, 0.25) is 10.0 Å². The second kappa shape index (κ2) is 8.62. The molecule has 1 aliphatic heterocycles. The molecule has 5 rings (SSSR count). The van der Waals surface area contributed by atoms with Crippen molar-refractivity contribution in [3.63, 3.8) is 0 Å². The molecule has 3 aromatic carbocycles. The zero-order chi connectivity index (χ0) is 23.0. The van der Waals surface area contributed by atoms with Gasteiger partial charge in [-0.2, -0.15) is 4.31 Å². The topological polar surface area (TPSA) is 84.3 Å². The molecule has 7 nitrogen and oxygen atoms in total. The lowest BCUT2D eigenvalue weighted by Crippen LogP contribution is -2.28. The summed E-state index contributed by atoms with van der Waals surface area (Å²) in [5.74, 6) is -0.473. The fraction of sp³-hybridized carbons (Fsp3) is 0.167. The molecule has 1 N–H and O–H groups in total. The SMILES string of the molecule is O=C(Nc1ccc(-n2cnc3ccccc32)cc1)c1cc(S(=O)(=O)N2CCCC2)ccc1Cl. The third kappa shape index (κ3) is 4.13. The Kier molecular flexibility index (Phi) is 5.65. The summed E-state index contributed by atoms with van der Waals surface area (Å²) in [6.45, 7) is 0.982. The van der Waals surface area contributed by atoms with E-state index in [0.717, 1.165) is 29.6 Å². The van der Waals surface area contributed by atoms with Crippen LogP contribution in [0.3, 0.4) is 0 Å². The molecule has 1 aliphatic rings. The maximum Gasteiger partial charge on any atom is 0.257 e. The van der Waals surface area contributed by atoms with Gasteiger partial charge in [0.15, 0.2) is 0 Å². The van der Waals surface area contributed by atoms with Crippen LogP contribution in [-0.2, 0) is 10.0 Å². The highest BCUT2D eigenvalue weighted by Gasteiger charge is 2.28. The van der Waals surface area contributed by atoms with E-state index in [-0.39, 0.29) is 15.5 Å². The third-order valence-electron chi connectivity index (χ3n) is 5.74. The van der Waals surface area contributed by atoms with Crippen molar-refractivity contribution in [3.05, 3.63) is 83.6 Å². The number of carbonyl (C=O) groups is 1. The molecule has 0 aliphatic carbocycles. The lowest BCUT2D eigenvalue weighted by molar-refractivity contribution is 0.102. The molecule has 9 heteroatoms. The molecule has 0 spiro atoms. The number of carbonyl (C=O) groups excluding carboxylic acids is 1. The number of rotatable bonds is 5. The zero-order valence-electron chi connectivity index (χ0n) is 17.6. The molecule has 1 amide bonds. The van der Waals surface area contributed by atoms with Crippen molar-refractivity contribution in [3.8, 4) is 5.69 Å². The molecular weight excluding hydrogens is 460 g/mol. The molecule has 1 saturated heterocycles. The van der Waals surface area contributed by atoms with E-state index < -0.39 is 15.9 Å². The van der Waals surface area contributed by atoms with Crippen LogP contribution < -0.4 is 5.32 Å². The lowest BCUT2D eigenvalue weighted by atomic mass is 10.2. The first-order valence-corrected chi connectivity index (χ1v) is 12.4. The van der Waals surface area contributed by atoms with Crippen molar-refractivity contribution in [2.24, 2.45) is 0 Å². The number of hydrogen-bond acceptors (Lipinski definition) is 4. The summed E-state index contributed by atoms with van der Waals surface area (Å²) >= 11 is 6.24. The van der Waals surface area contributed by atoms with Gasteiger partial charge in [0.25, 0.3) is 5.91 Å². The van der Waals surface area contributed by atoms with Crippen LogP contribution in [0.2, 0.25) is 5.02 Å². The first kappa shape index (κ1) is 21.6. The zero-order valence-corrected chi connectivity index (χ0v) is 19.2. The Bertz CT molecular complexity index is 1440. The van der Waals surface area contributed by atoms with Crippen LogP contribution in [0.25, 0.3) is 16.7 Å². The van der Waals surface area contributed by atoms with Gasteiger partial charge in [-0.1, -0.05) is 23.7 Å². The Morgan fingerprint density at radius 1 is 0.970 bits per heavy atom. The molecule has 1 fully saturated rings. The molecule has 0 unspecified atom stereocenters. The second-order valence-corrected chi connectivity index (χ2v) is 10.2. The summed E-state index contributed by atoms with van der Waals surface area (Å²) in [5.41, 5.74) is 3.46. The molecule has 33 heavy (non-hydrogen) atoms. The van der Waals surface area contributed by atoms with Crippen LogP contribution in [0.5, 0.6) is 0 Å². The number of para-hydroxylation sites is 2. The van der Waals surface area contributed by atoms with E-state index in [1.807, 2.05) is 41.0 Å². The average Bonchev–Trinajstić information content (AvgIpc) is 3.51. The number of fused-ring (bicyclic) bond motifs is 1. The molecule has 2 heterocycles. The van der Waals surface area contributed by atoms with E-state index in [0.29, 0.717) is 18.8 Å². The van der Waals surface area contributed by atoms with Gasteiger partial charge in [-0.05, 0) is 67.4 Å². The maximum atomic E-state index is 12.9. The van der Waals surface area contributed by atoms with Gasteiger partial charge in [0.1, 0.15) is 6.33 Å². The molecular formula is C24H21ClN4O3S. The standard InChI is InChI=1S/C24H21ClN4O3S/c25-21-12-11-19(33(31,32)28-13-3-4-14-28)15-20(21)24(30)27-17-7-9-18(10-8-17)29-16-26-22-5-1-2-6-23(22)29/h1-2,5-12,15-16H,3-4,13-14H2,(H,27,30). The minimum absolute atomic E-state index is 0.0706. The number of amides is 1. The first-order valence-electron chi connectivity index (χ1n) is 10.6. The molecule has 4 aromatic rings. The summed E-state index contributed by atoms with van der Waals surface area (Å²) in [4.78, 5) is 17.4. The fourth-order valence-corrected chi connectivity index (χ4v) is 5.73. The predicted octanol–water partition coefficient (Wildman–Crippen LogP) is 4.72. The van der Waals surface area contributed by atoms with E-state index in [4.69, 9.17) is 11.6 Å².